The molecule has 2 rings (SSSR count). The van der Waals surface area contributed by atoms with Gasteiger partial charge in [0.2, 0.25) is 0 Å². The van der Waals surface area contributed by atoms with Gasteiger partial charge in [0.1, 0.15) is 5.25 Å². The molecule has 0 aliphatic heterocycles. The van der Waals surface area contributed by atoms with E-state index in [4.69, 9.17) is 4.74 Å². The van der Waals surface area contributed by atoms with Gasteiger partial charge in [-0.25, -0.2) is 4.98 Å². The van der Waals surface area contributed by atoms with E-state index >= 15 is 0 Å². The Morgan fingerprint density at radius 1 is 1.35 bits per heavy atom. The largest absolute Gasteiger partial charge is 0.465 e. The molecule has 0 aliphatic rings. The van der Waals surface area contributed by atoms with Crippen molar-refractivity contribution in [1.29, 1.82) is 0 Å². The van der Waals surface area contributed by atoms with E-state index in [1.54, 1.807) is 0 Å². The van der Waals surface area contributed by atoms with Gasteiger partial charge in [-0.15, -0.1) is 0 Å². The lowest BCUT2D eigenvalue weighted by atomic mass is 10.1. The number of esters is 1. The van der Waals surface area contributed by atoms with Crippen LogP contribution in [0.5, 0.6) is 0 Å². The number of fused-ring (bicyclic) bond motifs is 1. The van der Waals surface area contributed by atoms with Gasteiger partial charge < -0.3 is 4.74 Å². The van der Waals surface area contributed by atoms with Gasteiger partial charge in [0.15, 0.2) is 0 Å². The lowest BCUT2D eigenvalue weighted by molar-refractivity contribution is -0.142. The third kappa shape index (κ3) is 3.31. The molecule has 0 radical (unpaired) electrons. The van der Waals surface area contributed by atoms with Crippen molar-refractivity contribution in [1.82, 2.24) is 4.98 Å². The smallest absolute Gasteiger partial charge is 0.319 e. The first kappa shape index (κ1) is 14.9. The molecule has 1 aromatic heterocycles. The molecule has 3 nitrogen and oxygen atoms in total. The minimum absolute atomic E-state index is 0.160. The number of nitrogens with zero attached hydrogens (tertiary/aromatic N) is 1. The zero-order valence-corrected chi connectivity index (χ0v) is 12.9. The number of benzene rings is 1. The van der Waals surface area contributed by atoms with Crippen molar-refractivity contribution in [3.63, 3.8) is 0 Å². The molecule has 2 aromatic rings. The number of pyridine rings is 1. The zero-order valence-electron chi connectivity index (χ0n) is 12.1. The number of aromatic nitrogens is 1. The number of carbonyl (C=O) groups excluding carboxylic acids is 1. The minimum Gasteiger partial charge on any atom is -0.465 e. The monoisotopic (exact) mass is 289 g/mol. The Labute approximate surface area is 123 Å². The van der Waals surface area contributed by atoms with Crippen molar-refractivity contribution >= 4 is 28.6 Å². The molecule has 0 aliphatic carbocycles. The summed E-state index contributed by atoms with van der Waals surface area (Å²) in [5, 5.41) is 1.84. The van der Waals surface area contributed by atoms with E-state index in [0.29, 0.717) is 6.61 Å². The fourth-order valence-electron chi connectivity index (χ4n) is 2.06. The van der Waals surface area contributed by atoms with Crippen LogP contribution in [0.2, 0.25) is 0 Å². The number of ether oxygens (including phenoxy) is 1. The summed E-state index contributed by atoms with van der Waals surface area (Å²) >= 11 is 1.48. The van der Waals surface area contributed by atoms with Crippen LogP contribution in [0.4, 0.5) is 0 Å². The fraction of sp³-hybridized carbons (Fsp3) is 0.375. The highest BCUT2D eigenvalue weighted by Gasteiger charge is 2.20. The Bertz CT molecular complexity index is 612. The summed E-state index contributed by atoms with van der Waals surface area (Å²) in [4.78, 5) is 16.5. The Kier molecular flexibility index (Phi) is 5.01. The summed E-state index contributed by atoms with van der Waals surface area (Å²) in [6.07, 6.45) is 0.733. The predicted octanol–water partition coefficient (Wildman–Crippen LogP) is 3.98. The SMILES string of the molecule is CCOC(=O)C(CC)Sc1cc(C)c2ccccc2n1. The standard InChI is InChI=1S/C16H19NO2S/c1-4-14(16(18)19-5-2)20-15-10-11(3)12-8-6-7-9-13(12)17-15/h6-10,14H,4-5H2,1-3H3. The highest BCUT2D eigenvalue weighted by molar-refractivity contribution is 8.00. The van der Waals surface area contributed by atoms with Crippen molar-refractivity contribution in [3.8, 4) is 0 Å². The van der Waals surface area contributed by atoms with Crippen LogP contribution in [0.25, 0.3) is 10.9 Å². The maximum atomic E-state index is 11.9. The van der Waals surface area contributed by atoms with Crippen molar-refractivity contribution in [3.05, 3.63) is 35.9 Å². The molecule has 1 aromatic carbocycles. The summed E-state index contributed by atoms with van der Waals surface area (Å²) < 4.78 is 5.10. The Hall–Kier alpha value is -1.55. The van der Waals surface area contributed by atoms with Crippen LogP contribution < -0.4 is 0 Å². The van der Waals surface area contributed by atoms with Crippen LogP contribution in [0.15, 0.2) is 35.4 Å². The molecule has 106 valence electrons. The van der Waals surface area contributed by atoms with Crippen molar-refractivity contribution in [2.24, 2.45) is 0 Å². The minimum atomic E-state index is -0.192. The van der Waals surface area contributed by atoms with Gasteiger partial charge in [-0.2, -0.15) is 0 Å². The molecule has 0 fully saturated rings. The molecular formula is C16H19NO2S. The highest BCUT2D eigenvalue weighted by atomic mass is 32.2. The van der Waals surface area contributed by atoms with E-state index < -0.39 is 0 Å². The summed E-state index contributed by atoms with van der Waals surface area (Å²) in [5.41, 5.74) is 2.14. The first-order valence-corrected chi connectivity index (χ1v) is 7.73. The summed E-state index contributed by atoms with van der Waals surface area (Å²) in [6, 6.07) is 10.1. The van der Waals surface area contributed by atoms with Gasteiger partial charge in [-0.05, 0) is 38.0 Å². The van der Waals surface area contributed by atoms with Gasteiger partial charge >= 0.3 is 5.97 Å². The number of thioether (sulfide) groups is 1. The molecular weight excluding hydrogens is 270 g/mol. The van der Waals surface area contributed by atoms with Crippen LogP contribution in [0, 0.1) is 6.92 Å². The number of para-hydroxylation sites is 1. The van der Waals surface area contributed by atoms with E-state index in [-0.39, 0.29) is 11.2 Å². The van der Waals surface area contributed by atoms with E-state index in [1.807, 2.05) is 38.1 Å². The topological polar surface area (TPSA) is 39.2 Å². The van der Waals surface area contributed by atoms with Gasteiger partial charge in [-0.3, -0.25) is 4.79 Å². The van der Waals surface area contributed by atoms with Crippen molar-refractivity contribution in [2.75, 3.05) is 6.61 Å². The van der Waals surface area contributed by atoms with Crippen molar-refractivity contribution < 1.29 is 9.53 Å². The second-order valence-corrected chi connectivity index (χ2v) is 5.78. The third-order valence-corrected chi connectivity index (χ3v) is 4.34. The number of hydrogen-bond donors (Lipinski definition) is 0. The van der Waals surface area contributed by atoms with Gasteiger partial charge in [0.25, 0.3) is 0 Å². The van der Waals surface area contributed by atoms with E-state index in [1.165, 1.54) is 17.3 Å². The van der Waals surface area contributed by atoms with Gasteiger partial charge in [0.05, 0.1) is 17.1 Å². The summed E-state index contributed by atoms with van der Waals surface area (Å²) in [7, 11) is 0. The molecule has 0 N–H and O–H groups in total. The van der Waals surface area contributed by atoms with E-state index in [0.717, 1.165) is 22.3 Å². The molecule has 0 amide bonds. The Morgan fingerprint density at radius 2 is 2.10 bits per heavy atom. The van der Waals surface area contributed by atoms with E-state index in [2.05, 4.69) is 18.0 Å². The van der Waals surface area contributed by atoms with Crippen LogP contribution in [-0.2, 0) is 9.53 Å². The number of hydrogen-bond acceptors (Lipinski definition) is 4. The van der Waals surface area contributed by atoms with Crippen LogP contribution in [-0.4, -0.2) is 22.8 Å². The lowest BCUT2D eigenvalue weighted by Gasteiger charge is -2.13. The van der Waals surface area contributed by atoms with E-state index in [9.17, 15) is 4.79 Å². The van der Waals surface area contributed by atoms with Crippen molar-refractivity contribution in [2.45, 2.75) is 37.5 Å². The molecule has 0 bridgehead atoms. The molecule has 0 saturated heterocycles. The molecule has 1 unspecified atom stereocenters. The lowest BCUT2D eigenvalue weighted by Crippen LogP contribution is -2.19. The van der Waals surface area contributed by atoms with Crippen LogP contribution in [0.1, 0.15) is 25.8 Å². The number of carbonyl (C=O) groups is 1. The molecule has 0 saturated carbocycles. The highest BCUT2D eigenvalue weighted by Crippen LogP contribution is 2.28. The average Bonchev–Trinajstić information content (AvgIpc) is 2.45. The number of aryl methyl sites for hydroxylation is 1. The second-order valence-electron chi connectivity index (χ2n) is 4.56. The fourth-order valence-corrected chi connectivity index (χ4v) is 3.08. The quantitative estimate of drug-likeness (QED) is 0.616. The van der Waals surface area contributed by atoms with Gasteiger partial charge in [0, 0.05) is 5.39 Å². The maximum Gasteiger partial charge on any atom is 0.319 e. The molecule has 4 heteroatoms. The first-order valence-electron chi connectivity index (χ1n) is 6.85. The Balaban J connectivity index is 2.26. The van der Waals surface area contributed by atoms with Gasteiger partial charge in [-0.1, -0.05) is 36.9 Å². The molecule has 20 heavy (non-hydrogen) atoms. The first-order chi connectivity index (χ1) is 9.65. The zero-order chi connectivity index (χ0) is 14.5. The molecule has 1 heterocycles. The Morgan fingerprint density at radius 3 is 2.80 bits per heavy atom. The van der Waals surface area contributed by atoms with Crippen LogP contribution in [0.3, 0.4) is 0 Å². The summed E-state index contributed by atoms with van der Waals surface area (Å²) in [5.74, 6) is -0.160. The normalized spacial score (nSPS) is 12.3. The molecule has 1 atom stereocenters. The summed E-state index contributed by atoms with van der Waals surface area (Å²) in [6.45, 7) is 6.30. The third-order valence-electron chi connectivity index (χ3n) is 3.08. The molecule has 0 spiro atoms. The van der Waals surface area contributed by atoms with Crippen LogP contribution >= 0.6 is 11.8 Å². The number of rotatable bonds is 5. The second kappa shape index (κ2) is 6.75. The maximum absolute atomic E-state index is 11.9. The predicted molar refractivity (Wildman–Crippen MR) is 83.0 cm³/mol. The average molecular weight is 289 g/mol.